The lowest BCUT2D eigenvalue weighted by Crippen LogP contribution is -2.26. The van der Waals surface area contributed by atoms with Gasteiger partial charge in [-0.05, 0) is 55.6 Å². The normalized spacial score (nSPS) is 15.6. The maximum Gasteiger partial charge on any atom is 0.180 e. The van der Waals surface area contributed by atoms with Crippen LogP contribution in [0.1, 0.15) is 24.3 Å². The van der Waals surface area contributed by atoms with E-state index in [9.17, 15) is 0 Å². The van der Waals surface area contributed by atoms with Gasteiger partial charge in [0.25, 0.3) is 0 Å². The number of fused-ring (bicyclic) bond motifs is 1. The highest BCUT2D eigenvalue weighted by Gasteiger charge is 2.22. The Morgan fingerprint density at radius 3 is 2.84 bits per heavy atom. The number of hydrogen-bond donors (Lipinski definition) is 3. The van der Waals surface area contributed by atoms with Crippen molar-refractivity contribution in [2.24, 2.45) is 0 Å². The minimum Gasteiger partial charge on any atom is -0.497 e. The fourth-order valence-electron chi connectivity index (χ4n) is 3.43. The van der Waals surface area contributed by atoms with Crippen LogP contribution >= 0.6 is 11.6 Å². The summed E-state index contributed by atoms with van der Waals surface area (Å²) in [4.78, 5) is 12.2. The Balaban J connectivity index is 1.85. The van der Waals surface area contributed by atoms with Gasteiger partial charge in [-0.15, -0.1) is 0 Å². The molecule has 1 aliphatic heterocycles. The van der Waals surface area contributed by atoms with E-state index in [0.717, 1.165) is 43.1 Å². The van der Waals surface area contributed by atoms with Crippen LogP contribution in [0.15, 0.2) is 24.4 Å². The average Bonchev–Trinajstić information content (AvgIpc) is 3.10. The van der Waals surface area contributed by atoms with Crippen molar-refractivity contribution in [2.75, 3.05) is 25.9 Å². The van der Waals surface area contributed by atoms with Crippen LogP contribution in [-0.4, -0.2) is 35.2 Å². The number of aromatic nitrogens is 3. The molecule has 3 aromatic rings. The summed E-state index contributed by atoms with van der Waals surface area (Å²) in [6, 6.07) is 6.12. The lowest BCUT2D eigenvalue weighted by molar-refractivity contribution is 0.411. The quantitative estimate of drug-likeness (QED) is 0.669. The van der Waals surface area contributed by atoms with Crippen molar-refractivity contribution < 1.29 is 4.74 Å². The topological polar surface area (TPSA) is 88.8 Å². The van der Waals surface area contributed by atoms with Crippen LogP contribution in [0.3, 0.4) is 0 Å². The van der Waals surface area contributed by atoms with Crippen molar-refractivity contribution >= 4 is 28.5 Å². The fraction of sp³-hybridized carbons (Fsp3) is 0.333. The van der Waals surface area contributed by atoms with E-state index in [4.69, 9.17) is 22.1 Å². The first-order chi connectivity index (χ1) is 12.2. The third-order valence-corrected chi connectivity index (χ3v) is 5.11. The van der Waals surface area contributed by atoms with Gasteiger partial charge >= 0.3 is 0 Å². The molecule has 0 aliphatic carbocycles. The van der Waals surface area contributed by atoms with Gasteiger partial charge < -0.3 is 20.8 Å². The Bertz CT molecular complexity index is 917. The van der Waals surface area contributed by atoms with Crippen LogP contribution in [0.25, 0.3) is 22.6 Å². The van der Waals surface area contributed by atoms with E-state index in [1.54, 1.807) is 7.11 Å². The van der Waals surface area contributed by atoms with E-state index in [1.807, 2.05) is 12.1 Å². The molecule has 1 fully saturated rings. The molecule has 6 nitrogen and oxygen atoms in total. The standard InChI is InChI=1S/C18H20ClN5O/c1-25-11-2-3-12(13(8-11)10-4-6-21-7-5-10)17-23-16-15(20)14(19)9-22-18(16)24-17/h2-3,8-10,21H,4-7H2,1H3,(H3,20,22,23,24). The summed E-state index contributed by atoms with van der Waals surface area (Å²) in [5.41, 5.74) is 10.1. The van der Waals surface area contributed by atoms with Gasteiger partial charge in [0.1, 0.15) is 17.1 Å². The fourth-order valence-corrected chi connectivity index (χ4v) is 3.58. The van der Waals surface area contributed by atoms with Crippen LogP contribution in [0.2, 0.25) is 5.02 Å². The smallest absolute Gasteiger partial charge is 0.180 e. The second-order valence-corrected chi connectivity index (χ2v) is 6.69. The first kappa shape index (κ1) is 16.2. The van der Waals surface area contributed by atoms with Gasteiger partial charge in [-0.2, -0.15) is 0 Å². The van der Waals surface area contributed by atoms with Crippen molar-refractivity contribution in [3.8, 4) is 17.1 Å². The number of methoxy groups -OCH3 is 1. The van der Waals surface area contributed by atoms with E-state index < -0.39 is 0 Å². The lowest BCUT2D eigenvalue weighted by atomic mass is 9.86. The number of hydrogen-bond acceptors (Lipinski definition) is 5. The Morgan fingerprint density at radius 1 is 1.28 bits per heavy atom. The van der Waals surface area contributed by atoms with Crippen molar-refractivity contribution in [1.29, 1.82) is 0 Å². The van der Waals surface area contributed by atoms with Gasteiger partial charge in [-0.1, -0.05) is 11.6 Å². The Hall–Kier alpha value is -2.31. The minimum absolute atomic E-state index is 0.427. The first-order valence-electron chi connectivity index (χ1n) is 8.36. The van der Waals surface area contributed by atoms with E-state index in [1.165, 1.54) is 11.8 Å². The summed E-state index contributed by atoms with van der Waals surface area (Å²) in [6.07, 6.45) is 3.71. The zero-order valence-corrected chi connectivity index (χ0v) is 14.7. The molecule has 0 bridgehead atoms. The van der Waals surface area contributed by atoms with Crippen LogP contribution in [-0.2, 0) is 0 Å². The Morgan fingerprint density at radius 2 is 2.08 bits per heavy atom. The summed E-state index contributed by atoms with van der Waals surface area (Å²) in [7, 11) is 1.69. The van der Waals surface area contributed by atoms with Crippen molar-refractivity contribution in [3.05, 3.63) is 35.0 Å². The number of piperidine rings is 1. The van der Waals surface area contributed by atoms with Crippen molar-refractivity contribution in [2.45, 2.75) is 18.8 Å². The number of anilines is 1. The summed E-state index contributed by atoms with van der Waals surface area (Å²) < 4.78 is 5.43. The number of nitrogens with zero attached hydrogens (tertiary/aromatic N) is 2. The number of aromatic amines is 1. The zero-order valence-electron chi connectivity index (χ0n) is 14.0. The first-order valence-corrected chi connectivity index (χ1v) is 8.74. The molecule has 4 N–H and O–H groups in total. The molecule has 0 spiro atoms. The SMILES string of the molecule is COc1ccc(-c2nc3ncc(Cl)c(N)c3[nH]2)c(C2CCNCC2)c1. The van der Waals surface area contributed by atoms with E-state index in [0.29, 0.717) is 27.8 Å². The molecule has 1 saturated heterocycles. The number of imidazole rings is 1. The molecule has 7 heteroatoms. The van der Waals surface area contributed by atoms with Gasteiger partial charge in [0.05, 0.1) is 24.0 Å². The van der Waals surface area contributed by atoms with E-state index in [2.05, 4.69) is 26.3 Å². The highest BCUT2D eigenvalue weighted by atomic mass is 35.5. The molecule has 0 atom stereocenters. The lowest BCUT2D eigenvalue weighted by Gasteiger charge is -2.25. The number of ether oxygens (including phenoxy) is 1. The van der Waals surface area contributed by atoms with Crippen LogP contribution < -0.4 is 15.8 Å². The Kier molecular flexibility index (Phi) is 4.23. The molecule has 130 valence electrons. The number of nitrogens with one attached hydrogen (secondary N) is 2. The summed E-state index contributed by atoms with van der Waals surface area (Å²) in [5.74, 6) is 2.08. The predicted molar refractivity (Wildman–Crippen MR) is 100 cm³/mol. The number of rotatable bonds is 3. The summed E-state index contributed by atoms with van der Waals surface area (Å²) in [6.45, 7) is 2.04. The summed E-state index contributed by atoms with van der Waals surface area (Å²) >= 11 is 6.08. The molecule has 1 aliphatic rings. The molecule has 0 saturated carbocycles. The number of halogens is 1. The van der Waals surface area contributed by atoms with Crippen molar-refractivity contribution in [3.63, 3.8) is 0 Å². The van der Waals surface area contributed by atoms with E-state index >= 15 is 0 Å². The zero-order chi connectivity index (χ0) is 17.4. The van der Waals surface area contributed by atoms with E-state index in [-0.39, 0.29) is 0 Å². The Labute approximate surface area is 150 Å². The number of nitrogens with two attached hydrogens (primary N) is 1. The third-order valence-electron chi connectivity index (χ3n) is 4.80. The molecule has 3 heterocycles. The molecule has 1 aromatic carbocycles. The third kappa shape index (κ3) is 2.92. The average molecular weight is 358 g/mol. The van der Waals surface area contributed by atoms with Gasteiger partial charge in [0.2, 0.25) is 0 Å². The number of nitrogen functional groups attached to an aromatic ring is 1. The summed E-state index contributed by atoms with van der Waals surface area (Å²) in [5, 5.41) is 3.84. The van der Waals surface area contributed by atoms with Gasteiger partial charge in [-0.3, -0.25) is 0 Å². The predicted octanol–water partition coefficient (Wildman–Crippen LogP) is 3.34. The monoisotopic (exact) mass is 357 g/mol. The second kappa shape index (κ2) is 6.54. The number of pyridine rings is 1. The van der Waals surface area contributed by atoms with Crippen LogP contribution in [0.4, 0.5) is 5.69 Å². The maximum atomic E-state index is 6.08. The van der Waals surface area contributed by atoms with Gasteiger partial charge in [0, 0.05) is 5.56 Å². The number of benzene rings is 1. The van der Waals surface area contributed by atoms with Crippen LogP contribution in [0.5, 0.6) is 5.75 Å². The minimum atomic E-state index is 0.427. The highest BCUT2D eigenvalue weighted by molar-refractivity contribution is 6.34. The maximum absolute atomic E-state index is 6.08. The largest absolute Gasteiger partial charge is 0.497 e. The number of H-pyrrole nitrogens is 1. The molecule has 4 rings (SSSR count). The molecular weight excluding hydrogens is 338 g/mol. The van der Waals surface area contributed by atoms with Crippen LogP contribution in [0, 0.1) is 0 Å². The molecule has 2 aromatic heterocycles. The molecule has 0 amide bonds. The second-order valence-electron chi connectivity index (χ2n) is 6.28. The molecule has 25 heavy (non-hydrogen) atoms. The van der Waals surface area contributed by atoms with Gasteiger partial charge in [-0.25, -0.2) is 9.97 Å². The molecule has 0 unspecified atom stereocenters. The van der Waals surface area contributed by atoms with Gasteiger partial charge in [0.15, 0.2) is 5.65 Å². The highest BCUT2D eigenvalue weighted by Crippen LogP contribution is 2.36. The van der Waals surface area contributed by atoms with Crippen molar-refractivity contribution in [1.82, 2.24) is 20.3 Å². The molecular formula is C18H20ClN5O. The molecule has 0 radical (unpaired) electrons.